The Hall–Kier alpha value is -2.11. The van der Waals surface area contributed by atoms with Crippen molar-refractivity contribution in [3.8, 4) is 0 Å². The second-order valence-corrected chi connectivity index (χ2v) is 5.01. The summed E-state index contributed by atoms with van der Waals surface area (Å²) in [6.45, 7) is 5.08. The Labute approximate surface area is 110 Å². The van der Waals surface area contributed by atoms with E-state index in [4.69, 9.17) is 9.84 Å². The lowest BCUT2D eigenvalue weighted by Gasteiger charge is -2.19. The molecule has 0 fully saturated rings. The van der Waals surface area contributed by atoms with Gasteiger partial charge in [0.25, 0.3) is 0 Å². The molecule has 0 aliphatic rings. The van der Waals surface area contributed by atoms with Gasteiger partial charge in [-0.1, -0.05) is 6.07 Å². The van der Waals surface area contributed by atoms with Gasteiger partial charge in [-0.15, -0.1) is 0 Å². The molecule has 0 aliphatic carbocycles. The molecule has 1 rings (SSSR count). The lowest BCUT2D eigenvalue weighted by molar-refractivity contribution is -0.136. The van der Waals surface area contributed by atoms with E-state index in [1.165, 1.54) is 12.1 Å². The van der Waals surface area contributed by atoms with Gasteiger partial charge in [0, 0.05) is 0 Å². The van der Waals surface area contributed by atoms with Crippen LogP contribution in [0.1, 0.15) is 26.3 Å². The molecule has 0 aliphatic heterocycles. The van der Waals surface area contributed by atoms with Gasteiger partial charge in [-0.3, -0.25) is 10.1 Å². The fraction of sp³-hybridized carbons (Fsp3) is 0.385. The predicted octanol–water partition coefficient (Wildman–Crippen LogP) is 2.80. The van der Waals surface area contributed by atoms with Crippen molar-refractivity contribution in [2.24, 2.45) is 0 Å². The number of hydrogen-bond donors (Lipinski definition) is 2. The molecule has 0 heterocycles. The Bertz CT molecular complexity index is 494. The molecule has 104 valence electrons. The van der Waals surface area contributed by atoms with E-state index in [-0.39, 0.29) is 12.1 Å². The topological polar surface area (TPSA) is 75.6 Å². The quantitative estimate of drug-likeness (QED) is 0.884. The molecule has 5 nitrogen and oxygen atoms in total. The van der Waals surface area contributed by atoms with Crippen molar-refractivity contribution in [2.45, 2.75) is 32.8 Å². The summed E-state index contributed by atoms with van der Waals surface area (Å²) in [5, 5.41) is 10.9. The van der Waals surface area contributed by atoms with Gasteiger partial charge >= 0.3 is 12.1 Å². The Morgan fingerprint density at radius 1 is 1.37 bits per heavy atom. The van der Waals surface area contributed by atoms with Crippen molar-refractivity contribution >= 4 is 17.7 Å². The van der Waals surface area contributed by atoms with Crippen LogP contribution in [-0.4, -0.2) is 22.8 Å². The summed E-state index contributed by atoms with van der Waals surface area (Å²) in [6, 6.07) is 3.81. The number of anilines is 1. The third-order valence-corrected chi connectivity index (χ3v) is 2.02. The van der Waals surface area contributed by atoms with Crippen LogP contribution in [0.4, 0.5) is 14.9 Å². The standard InChI is InChI=1S/C13H16FNO4/c1-13(2,3)19-12(18)15-10-5-4-8(6-9(10)14)7-11(16)17/h4-6H,7H2,1-3H3,(H,15,18)(H,16,17). The molecule has 6 heteroatoms. The predicted molar refractivity (Wildman–Crippen MR) is 67.6 cm³/mol. The van der Waals surface area contributed by atoms with Gasteiger partial charge in [0.15, 0.2) is 0 Å². The summed E-state index contributed by atoms with van der Waals surface area (Å²) in [5.74, 6) is -1.75. The first kappa shape index (κ1) is 14.9. The van der Waals surface area contributed by atoms with Gasteiger partial charge in [-0.05, 0) is 38.5 Å². The second kappa shape index (κ2) is 5.69. The van der Waals surface area contributed by atoms with Crippen LogP contribution in [-0.2, 0) is 16.0 Å². The fourth-order valence-corrected chi connectivity index (χ4v) is 1.36. The number of carboxylic acid groups (broad SMARTS) is 1. The van der Waals surface area contributed by atoms with Gasteiger partial charge in [0.05, 0.1) is 12.1 Å². The highest BCUT2D eigenvalue weighted by Gasteiger charge is 2.17. The number of nitrogens with one attached hydrogen (secondary N) is 1. The number of aliphatic carboxylic acids is 1. The molecule has 0 aromatic heterocycles. The van der Waals surface area contributed by atoms with E-state index in [9.17, 15) is 14.0 Å². The molecule has 1 aromatic carbocycles. The number of halogens is 1. The lowest BCUT2D eigenvalue weighted by atomic mass is 10.1. The zero-order chi connectivity index (χ0) is 14.6. The lowest BCUT2D eigenvalue weighted by Crippen LogP contribution is -2.27. The molecule has 0 saturated heterocycles. The molecule has 0 unspecified atom stereocenters. The Morgan fingerprint density at radius 3 is 2.47 bits per heavy atom. The summed E-state index contributed by atoms with van der Waals surface area (Å²) in [6.07, 6.45) is -1.04. The first-order chi connectivity index (χ1) is 8.67. The SMILES string of the molecule is CC(C)(C)OC(=O)Nc1ccc(CC(=O)O)cc1F. The van der Waals surface area contributed by atoms with Crippen LogP contribution < -0.4 is 5.32 Å². The summed E-state index contributed by atoms with van der Waals surface area (Å²) in [5.41, 5.74) is -0.410. The number of carboxylic acids is 1. The Morgan fingerprint density at radius 2 is 2.00 bits per heavy atom. The van der Waals surface area contributed by atoms with Crippen molar-refractivity contribution in [3.63, 3.8) is 0 Å². The average Bonchev–Trinajstić information content (AvgIpc) is 2.18. The number of hydrogen-bond acceptors (Lipinski definition) is 3. The van der Waals surface area contributed by atoms with Gasteiger partial charge in [-0.25, -0.2) is 9.18 Å². The Kier molecular flexibility index (Phi) is 4.47. The van der Waals surface area contributed by atoms with E-state index in [0.29, 0.717) is 5.56 Å². The Balaban J connectivity index is 2.75. The molecular weight excluding hydrogens is 253 g/mol. The molecule has 19 heavy (non-hydrogen) atoms. The number of rotatable bonds is 3. The summed E-state index contributed by atoms with van der Waals surface area (Å²) < 4.78 is 18.6. The van der Waals surface area contributed by atoms with Crippen LogP contribution >= 0.6 is 0 Å². The molecule has 0 spiro atoms. The van der Waals surface area contributed by atoms with Crippen LogP contribution in [0.3, 0.4) is 0 Å². The average molecular weight is 269 g/mol. The van der Waals surface area contributed by atoms with E-state index in [1.807, 2.05) is 0 Å². The van der Waals surface area contributed by atoms with Crippen LogP contribution in [0.5, 0.6) is 0 Å². The van der Waals surface area contributed by atoms with Gasteiger partial charge < -0.3 is 9.84 Å². The van der Waals surface area contributed by atoms with E-state index >= 15 is 0 Å². The van der Waals surface area contributed by atoms with Crippen LogP contribution in [0.2, 0.25) is 0 Å². The fourth-order valence-electron chi connectivity index (χ4n) is 1.36. The van der Waals surface area contributed by atoms with Crippen LogP contribution in [0.15, 0.2) is 18.2 Å². The minimum Gasteiger partial charge on any atom is -0.481 e. The third-order valence-electron chi connectivity index (χ3n) is 2.02. The van der Waals surface area contributed by atoms with E-state index < -0.39 is 23.5 Å². The number of benzene rings is 1. The highest BCUT2D eigenvalue weighted by atomic mass is 19.1. The minimum absolute atomic E-state index is 0.0524. The smallest absolute Gasteiger partial charge is 0.412 e. The largest absolute Gasteiger partial charge is 0.481 e. The van der Waals surface area contributed by atoms with Gasteiger partial charge in [0.1, 0.15) is 11.4 Å². The summed E-state index contributed by atoms with van der Waals surface area (Å²) >= 11 is 0. The molecule has 0 saturated carbocycles. The van der Waals surface area contributed by atoms with Crippen molar-refractivity contribution in [2.75, 3.05) is 5.32 Å². The van der Waals surface area contributed by atoms with E-state index in [1.54, 1.807) is 20.8 Å². The van der Waals surface area contributed by atoms with Gasteiger partial charge in [0.2, 0.25) is 0 Å². The normalized spacial score (nSPS) is 10.9. The van der Waals surface area contributed by atoms with Crippen molar-refractivity contribution < 1.29 is 23.8 Å². The summed E-state index contributed by atoms with van der Waals surface area (Å²) in [4.78, 5) is 21.9. The highest BCUT2D eigenvalue weighted by molar-refractivity contribution is 5.85. The van der Waals surface area contributed by atoms with E-state index in [2.05, 4.69) is 5.32 Å². The minimum atomic E-state index is -1.05. The molecule has 1 aromatic rings. The number of ether oxygens (including phenoxy) is 1. The summed E-state index contributed by atoms with van der Waals surface area (Å²) in [7, 11) is 0. The highest BCUT2D eigenvalue weighted by Crippen LogP contribution is 2.17. The number of amides is 1. The maximum Gasteiger partial charge on any atom is 0.412 e. The zero-order valence-corrected chi connectivity index (χ0v) is 11.0. The van der Waals surface area contributed by atoms with Crippen molar-refractivity contribution in [3.05, 3.63) is 29.6 Å². The van der Waals surface area contributed by atoms with Crippen LogP contribution in [0, 0.1) is 5.82 Å². The van der Waals surface area contributed by atoms with Gasteiger partial charge in [-0.2, -0.15) is 0 Å². The third kappa shape index (κ3) is 5.37. The molecule has 1 amide bonds. The number of carbonyl (C=O) groups excluding carboxylic acids is 1. The molecule has 0 radical (unpaired) electrons. The number of carbonyl (C=O) groups is 2. The first-order valence-electron chi connectivity index (χ1n) is 5.67. The molecule has 0 atom stereocenters. The molecule has 2 N–H and O–H groups in total. The van der Waals surface area contributed by atoms with Crippen LogP contribution in [0.25, 0.3) is 0 Å². The maximum atomic E-state index is 13.6. The molecule has 0 bridgehead atoms. The van der Waals surface area contributed by atoms with E-state index in [0.717, 1.165) is 6.07 Å². The first-order valence-corrected chi connectivity index (χ1v) is 5.67. The monoisotopic (exact) mass is 269 g/mol. The zero-order valence-electron chi connectivity index (χ0n) is 11.0. The van der Waals surface area contributed by atoms with Crippen molar-refractivity contribution in [1.82, 2.24) is 0 Å². The van der Waals surface area contributed by atoms with Crippen molar-refractivity contribution in [1.29, 1.82) is 0 Å². The molecular formula is C13H16FNO4. The maximum absolute atomic E-state index is 13.6. The second-order valence-electron chi connectivity index (χ2n) is 5.01.